The molecule has 0 aromatic heterocycles. The van der Waals surface area contributed by atoms with Gasteiger partial charge in [-0.1, -0.05) is 12.1 Å². The molecule has 3 rings (SSSR count). The number of carboxylic acids is 1. The zero-order valence-corrected chi connectivity index (χ0v) is 13.7. The molecule has 1 amide bonds. The summed E-state index contributed by atoms with van der Waals surface area (Å²) in [5.74, 6) is -3.89. The Labute approximate surface area is 152 Å². The number of carbonyl (C=O) groups is 2. The molecule has 5 nitrogen and oxygen atoms in total. The summed E-state index contributed by atoms with van der Waals surface area (Å²) in [6, 6.07) is 12.8. The highest BCUT2D eigenvalue weighted by Crippen LogP contribution is 2.27. The van der Waals surface area contributed by atoms with Crippen molar-refractivity contribution in [3.8, 4) is 16.9 Å². The topological polar surface area (TPSA) is 86.6 Å². The number of hydrogen-bond donors (Lipinski definition) is 3. The number of aromatic hydroxyl groups is 1. The van der Waals surface area contributed by atoms with Gasteiger partial charge in [0.2, 0.25) is 0 Å². The number of carboxylic acid groups (broad SMARTS) is 1. The van der Waals surface area contributed by atoms with E-state index in [0.717, 1.165) is 12.1 Å². The molecule has 7 heteroatoms. The third-order valence-electron chi connectivity index (χ3n) is 3.88. The standard InChI is InChI=1S/C20H13F2NO4/c21-16-8-4-12(9-17(16)22)13-3-7-15(20(26)27)18(10-13)23-19(25)11-1-5-14(24)6-2-11/h1-10,24H,(H,23,25)(H,26,27). The lowest BCUT2D eigenvalue weighted by atomic mass is 10.0. The summed E-state index contributed by atoms with van der Waals surface area (Å²) in [4.78, 5) is 23.8. The maximum atomic E-state index is 13.5. The van der Waals surface area contributed by atoms with E-state index in [4.69, 9.17) is 0 Å². The number of benzene rings is 3. The number of nitrogens with one attached hydrogen (secondary N) is 1. The van der Waals surface area contributed by atoms with Crippen molar-refractivity contribution in [2.24, 2.45) is 0 Å². The first-order valence-corrected chi connectivity index (χ1v) is 7.78. The zero-order valence-electron chi connectivity index (χ0n) is 13.7. The number of amides is 1. The summed E-state index contributed by atoms with van der Waals surface area (Å²) < 4.78 is 26.6. The average Bonchev–Trinajstić information content (AvgIpc) is 2.64. The molecule has 0 heterocycles. The molecule has 0 saturated heterocycles. The van der Waals surface area contributed by atoms with Gasteiger partial charge >= 0.3 is 5.97 Å². The Morgan fingerprint density at radius 2 is 1.44 bits per heavy atom. The van der Waals surface area contributed by atoms with Crippen molar-refractivity contribution >= 4 is 17.6 Å². The number of hydrogen-bond acceptors (Lipinski definition) is 3. The smallest absolute Gasteiger partial charge is 0.337 e. The van der Waals surface area contributed by atoms with E-state index in [1.54, 1.807) is 0 Å². The Morgan fingerprint density at radius 1 is 0.815 bits per heavy atom. The fourth-order valence-electron chi connectivity index (χ4n) is 2.50. The van der Waals surface area contributed by atoms with Crippen LogP contribution >= 0.6 is 0 Å². The van der Waals surface area contributed by atoms with E-state index in [2.05, 4.69) is 5.32 Å². The Hall–Kier alpha value is -3.74. The van der Waals surface area contributed by atoms with Crippen LogP contribution in [-0.2, 0) is 0 Å². The number of halogens is 2. The van der Waals surface area contributed by atoms with Gasteiger partial charge in [0.1, 0.15) is 5.75 Å². The molecule has 3 aromatic carbocycles. The molecule has 3 N–H and O–H groups in total. The molecule has 27 heavy (non-hydrogen) atoms. The lowest BCUT2D eigenvalue weighted by Gasteiger charge is -2.11. The first-order chi connectivity index (χ1) is 12.8. The van der Waals surface area contributed by atoms with Crippen LogP contribution in [0.25, 0.3) is 11.1 Å². The maximum Gasteiger partial charge on any atom is 0.337 e. The quantitative estimate of drug-likeness (QED) is 0.640. The molecule has 136 valence electrons. The number of anilines is 1. The second-order valence-corrected chi connectivity index (χ2v) is 5.70. The van der Waals surface area contributed by atoms with Crippen molar-refractivity contribution in [3.63, 3.8) is 0 Å². The largest absolute Gasteiger partial charge is 0.508 e. The predicted molar refractivity (Wildman–Crippen MR) is 94.8 cm³/mol. The molecular formula is C20H13F2NO4. The number of phenols is 1. The molecule has 0 unspecified atom stereocenters. The molecule has 0 saturated carbocycles. The van der Waals surface area contributed by atoms with E-state index in [9.17, 15) is 28.6 Å². The van der Waals surface area contributed by atoms with Crippen molar-refractivity contribution < 1.29 is 28.6 Å². The summed E-state index contributed by atoms with van der Waals surface area (Å²) in [6.07, 6.45) is 0. The highest BCUT2D eigenvalue weighted by molar-refractivity contribution is 6.08. The van der Waals surface area contributed by atoms with E-state index in [1.807, 2.05) is 0 Å². The lowest BCUT2D eigenvalue weighted by Crippen LogP contribution is -2.14. The number of carbonyl (C=O) groups excluding carboxylic acids is 1. The molecule has 0 spiro atoms. The van der Waals surface area contributed by atoms with Gasteiger partial charge in [-0.3, -0.25) is 4.79 Å². The monoisotopic (exact) mass is 369 g/mol. The number of aromatic carboxylic acids is 1. The first-order valence-electron chi connectivity index (χ1n) is 7.78. The lowest BCUT2D eigenvalue weighted by molar-refractivity contribution is 0.0698. The average molecular weight is 369 g/mol. The Balaban J connectivity index is 1.99. The maximum absolute atomic E-state index is 13.5. The van der Waals surface area contributed by atoms with Gasteiger partial charge in [-0.05, 0) is 59.7 Å². The van der Waals surface area contributed by atoms with Crippen molar-refractivity contribution in [1.29, 1.82) is 0 Å². The van der Waals surface area contributed by atoms with E-state index in [0.29, 0.717) is 11.1 Å². The van der Waals surface area contributed by atoms with Gasteiger partial charge in [0, 0.05) is 5.56 Å². The molecular weight excluding hydrogens is 356 g/mol. The van der Waals surface area contributed by atoms with Crippen LogP contribution in [-0.4, -0.2) is 22.1 Å². The molecule has 0 aliphatic rings. The fourth-order valence-corrected chi connectivity index (χ4v) is 2.50. The van der Waals surface area contributed by atoms with Crippen molar-refractivity contribution in [2.75, 3.05) is 5.32 Å². The third-order valence-corrected chi connectivity index (χ3v) is 3.88. The second-order valence-electron chi connectivity index (χ2n) is 5.70. The molecule has 3 aromatic rings. The van der Waals surface area contributed by atoms with Crippen LogP contribution in [0.15, 0.2) is 60.7 Å². The van der Waals surface area contributed by atoms with Crippen molar-refractivity contribution in [2.45, 2.75) is 0 Å². The predicted octanol–water partition coefficient (Wildman–Crippen LogP) is 4.29. The van der Waals surface area contributed by atoms with Gasteiger partial charge in [0.25, 0.3) is 5.91 Å². The normalized spacial score (nSPS) is 10.4. The van der Waals surface area contributed by atoms with E-state index in [-0.39, 0.29) is 22.6 Å². The Morgan fingerprint density at radius 3 is 2.07 bits per heavy atom. The molecule has 0 aliphatic heterocycles. The molecule has 0 atom stereocenters. The van der Waals surface area contributed by atoms with Crippen LogP contribution < -0.4 is 5.32 Å². The van der Waals surface area contributed by atoms with Crippen LogP contribution in [0.5, 0.6) is 5.75 Å². The van der Waals surface area contributed by atoms with Gasteiger partial charge in [-0.25, -0.2) is 13.6 Å². The molecule has 0 aliphatic carbocycles. The minimum atomic E-state index is -1.26. The van der Waals surface area contributed by atoms with Crippen LogP contribution in [0.1, 0.15) is 20.7 Å². The van der Waals surface area contributed by atoms with Gasteiger partial charge in [-0.15, -0.1) is 0 Å². The first kappa shape index (κ1) is 18.1. The van der Waals surface area contributed by atoms with Crippen molar-refractivity contribution in [3.05, 3.63) is 83.4 Å². The highest BCUT2D eigenvalue weighted by atomic mass is 19.2. The molecule has 0 radical (unpaired) electrons. The summed E-state index contributed by atoms with van der Waals surface area (Å²) in [5, 5.41) is 21.1. The van der Waals surface area contributed by atoms with Crippen LogP contribution in [0, 0.1) is 11.6 Å². The van der Waals surface area contributed by atoms with Crippen LogP contribution in [0.3, 0.4) is 0 Å². The minimum Gasteiger partial charge on any atom is -0.508 e. The van der Waals surface area contributed by atoms with Gasteiger partial charge in [0.05, 0.1) is 11.3 Å². The van der Waals surface area contributed by atoms with Crippen molar-refractivity contribution in [1.82, 2.24) is 0 Å². The summed E-state index contributed by atoms with van der Waals surface area (Å²) in [6.45, 7) is 0. The zero-order chi connectivity index (χ0) is 19.6. The van der Waals surface area contributed by atoms with Gasteiger partial charge < -0.3 is 15.5 Å². The summed E-state index contributed by atoms with van der Waals surface area (Å²) in [5.41, 5.74) is 0.782. The second kappa shape index (κ2) is 7.25. The van der Waals surface area contributed by atoms with Gasteiger partial charge in [0.15, 0.2) is 11.6 Å². The SMILES string of the molecule is O=C(Nc1cc(-c2ccc(F)c(F)c2)ccc1C(=O)O)c1ccc(O)cc1. The van der Waals surface area contributed by atoms with E-state index >= 15 is 0 Å². The molecule has 0 bridgehead atoms. The summed E-state index contributed by atoms with van der Waals surface area (Å²) >= 11 is 0. The fraction of sp³-hybridized carbons (Fsp3) is 0. The van der Waals surface area contributed by atoms with E-state index < -0.39 is 23.5 Å². The van der Waals surface area contributed by atoms with Gasteiger partial charge in [-0.2, -0.15) is 0 Å². The van der Waals surface area contributed by atoms with E-state index in [1.165, 1.54) is 48.5 Å². The Bertz CT molecular complexity index is 1030. The number of phenolic OH excluding ortho intramolecular Hbond substituents is 1. The minimum absolute atomic E-state index is 0.00260. The number of rotatable bonds is 4. The Kier molecular flexibility index (Phi) is 4.85. The van der Waals surface area contributed by atoms with Crippen LogP contribution in [0.2, 0.25) is 0 Å². The molecule has 0 fully saturated rings. The highest BCUT2D eigenvalue weighted by Gasteiger charge is 2.15. The summed E-state index contributed by atoms with van der Waals surface area (Å²) in [7, 11) is 0. The third kappa shape index (κ3) is 3.92. The van der Waals surface area contributed by atoms with Crippen LogP contribution in [0.4, 0.5) is 14.5 Å².